The maximum absolute atomic E-state index is 12.7. The van der Waals surface area contributed by atoms with Crippen molar-refractivity contribution in [3.63, 3.8) is 0 Å². The molecule has 3 rings (SSSR count). The largest absolute Gasteiger partial charge is 0.493 e. The topological polar surface area (TPSA) is 64.4 Å². The lowest BCUT2D eigenvalue weighted by molar-refractivity contribution is 0.102. The van der Waals surface area contributed by atoms with Crippen LogP contribution in [0.4, 0.5) is 5.69 Å². The summed E-state index contributed by atoms with van der Waals surface area (Å²) in [6.45, 7) is 4.25. The number of hydrogen-bond donors (Lipinski definition) is 1. The number of anilines is 1. The molecule has 5 heteroatoms. The quantitative estimate of drug-likeness (QED) is 0.894. The number of benzene rings is 1. The SMILES string of the molecule is CCOc1ccccc1C(=O)Nc1c(C2CCCC2)noc1C. The average Bonchev–Trinajstić information content (AvgIpc) is 3.19. The summed E-state index contributed by atoms with van der Waals surface area (Å²) >= 11 is 0. The van der Waals surface area contributed by atoms with Gasteiger partial charge in [-0.1, -0.05) is 30.1 Å². The summed E-state index contributed by atoms with van der Waals surface area (Å²) in [7, 11) is 0. The van der Waals surface area contributed by atoms with E-state index in [9.17, 15) is 4.79 Å². The molecule has 1 aliphatic rings. The van der Waals surface area contributed by atoms with Gasteiger partial charge in [-0.15, -0.1) is 0 Å². The maximum atomic E-state index is 12.7. The molecule has 2 aromatic rings. The number of aromatic nitrogens is 1. The minimum absolute atomic E-state index is 0.195. The van der Waals surface area contributed by atoms with Gasteiger partial charge in [-0.05, 0) is 38.8 Å². The maximum Gasteiger partial charge on any atom is 0.259 e. The Hall–Kier alpha value is -2.30. The summed E-state index contributed by atoms with van der Waals surface area (Å²) in [4.78, 5) is 12.7. The third-order valence-electron chi connectivity index (χ3n) is 4.30. The van der Waals surface area contributed by atoms with Gasteiger partial charge >= 0.3 is 0 Å². The normalized spacial score (nSPS) is 14.9. The van der Waals surface area contributed by atoms with Gasteiger partial charge in [0, 0.05) is 5.92 Å². The van der Waals surface area contributed by atoms with Crippen LogP contribution in [0.1, 0.15) is 60.3 Å². The Labute approximate surface area is 136 Å². The molecule has 0 saturated heterocycles. The molecular weight excluding hydrogens is 292 g/mol. The van der Waals surface area contributed by atoms with Gasteiger partial charge in [-0.2, -0.15) is 0 Å². The monoisotopic (exact) mass is 314 g/mol. The van der Waals surface area contributed by atoms with Crippen molar-refractivity contribution in [2.45, 2.75) is 45.4 Å². The summed E-state index contributed by atoms with van der Waals surface area (Å²) in [5.74, 6) is 1.42. The van der Waals surface area contributed by atoms with Gasteiger partial charge in [-0.25, -0.2) is 0 Å². The minimum Gasteiger partial charge on any atom is -0.493 e. The van der Waals surface area contributed by atoms with E-state index in [4.69, 9.17) is 9.26 Å². The first-order valence-electron chi connectivity index (χ1n) is 8.20. The average molecular weight is 314 g/mol. The summed E-state index contributed by atoms with van der Waals surface area (Å²) in [5.41, 5.74) is 2.11. The van der Waals surface area contributed by atoms with Crippen LogP contribution in [-0.2, 0) is 0 Å². The first kappa shape index (κ1) is 15.6. The predicted molar refractivity (Wildman–Crippen MR) is 88.0 cm³/mol. The molecule has 122 valence electrons. The third-order valence-corrected chi connectivity index (χ3v) is 4.30. The molecule has 0 radical (unpaired) electrons. The van der Waals surface area contributed by atoms with Gasteiger partial charge in [0.2, 0.25) is 0 Å². The van der Waals surface area contributed by atoms with Crippen LogP contribution in [0.25, 0.3) is 0 Å². The second-order valence-electron chi connectivity index (χ2n) is 5.86. The van der Waals surface area contributed by atoms with E-state index >= 15 is 0 Å². The Balaban J connectivity index is 1.85. The summed E-state index contributed by atoms with van der Waals surface area (Å²) in [5, 5.41) is 7.16. The fraction of sp³-hybridized carbons (Fsp3) is 0.444. The molecule has 0 bridgehead atoms. The Morgan fingerprint density at radius 3 is 2.83 bits per heavy atom. The van der Waals surface area contributed by atoms with Crippen LogP contribution in [-0.4, -0.2) is 17.7 Å². The molecular formula is C18H22N2O3. The van der Waals surface area contributed by atoms with Crippen molar-refractivity contribution in [2.75, 3.05) is 11.9 Å². The van der Waals surface area contributed by atoms with Crippen LogP contribution in [0, 0.1) is 6.92 Å². The number of aryl methyl sites for hydroxylation is 1. The molecule has 0 atom stereocenters. The van der Waals surface area contributed by atoms with Crippen molar-refractivity contribution in [3.05, 3.63) is 41.3 Å². The van der Waals surface area contributed by atoms with E-state index in [0.29, 0.717) is 35.3 Å². The molecule has 1 N–H and O–H groups in total. The Morgan fingerprint density at radius 1 is 1.35 bits per heavy atom. The number of rotatable bonds is 5. The lowest BCUT2D eigenvalue weighted by Gasteiger charge is -2.12. The van der Waals surface area contributed by atoms with Crippen molar-refractivity contribution >= 4 is 11.6 Å². The van der Waals surface area contributed by atoms with Gasteiger partial charge in [-0.3, -0.25) is 4.79 Å². The van der Waals surface area contributed by atoms with Crippen molar-refractivity contribution in [1.29, 1.82) is 0 Å². The number of hydrogen-bond acceptors (Lipinski definition) is 4. The highest BCUT2D eigenvalue weighted by Crippen LogP contribution is 2.38. The van der Waals surface area contributed by atoms with Crippen molar-refractivity contribution in [3.8, 4) is 5.75 Å². The van der Waals surface area contributed by atoms with Gasteiger partial charge in [0.05, 0.1) is 12.2 Å². The van der Waals surface area contributed by atoms with Gasteiger partial charge in [0.1, 0.15) is 17.1 Å². The number of carbonyl (C=O) groups excluding carboxylic acids is 1. The minimum atomic E-state index is -0.195. The van der Waals surface area contributed by atoms with Gasteiger partial charge in [0.15, 0.2) is 5.76 Å². The smallest absolute Gasteiger partial charge is 0.259 e. The van der Waals surface area contributed by atoms with E-state index in [1.807, 2.05) is 26.0 Å². The molecule has 5 nitrogen and oxygen atoms in total. The Morgan fingerprint density at radius 2 is 2.09 bits per heavy atom. The molecule has 1 fully saturated rings. The third kappa shape index (κ3) is 3.23. The van der Waals surface area contributed by atoms with Crippen molar-refractivity contribution < 1.29 is 14.1 Å². The van der Waals surface area contributed by atoms with Gasteiger partial charge in [0.25, 0.3) is 5.91 Å². The van der Waals surface area contributed by atoms with E-state index in [0.717, 1.165) is 18.5 Å². The highest BCUT2D eigenvalue weighted by atomic mass is 16.5. The lowest BCUT2D eigenvalue weighted by Crippen LogP contribution is -2.15. The summed E-state index contributed by atoms with van der Waals surface area (Å²) in [6.07, 6.45) is 4.61. The molecule has 0 spiro atoms. The first-order valence-corrected chi connectivity index (χ1v) is 8.20. The zero-order valence-electron chi connectivity index (χ0n) is 13.6. The number of nitrogens with zero attached hydrogens (tertiary/aromatic N) is 1. The molecule has 0 aliphatic heterocycles. The number of para-hydroxylation sites is 1. The fourth-order valence-corrected chi connectivity index (χ4v) is 3.14. The van der Waals surface area contributed by atoms with Gasteiger partial charge < -0.3 is 14.6 Å². The zero-order chi connectivity index (χ0) is 16.2. The molecule has 1 aliphatic carbocycles. The molecule has 1 saturated carbocycles. The highest BCUT2D eigenvalue weighted by molar-refractivity contribution is 6.06. The van der Waals surface area contributed by atoms with E-state index in [-0.39, 0.29) is 5.91 Å². The van der Waals surface area contributed by atoms with E-state index < -0.39 is 0 Å². The second kappa shape index (κ2) is 6.86. The zero-order valence-corrected chi connectivity index (χ0v) is 13.6. The van der Waals surface area contributed by atoms with Crippen LogP contribution >= 0.6 is 0 Å². The molecule has 1 amide bonds. The lowest BCUT2D eigenvalue weighted by atomic mass is 10.0. The number of amides is 1. The van der Waals surface area contributed by atoms with E-state index in [1.54, 1.807) is 12.1 Å². The van der Waals surface area contributed by atoms with Crippen LogP contribution in [0.2, 0.25) is 0 Å². The fourth-order valence-electron chi connectivity index (χ4n) is 3.14. The summed E-state index contributed by atoms with van der Waals surface area (Å²) < 4.78 is 10.9. The van der Waals surface area contributed by atoms with Crippen LogP contribution in [0.15, 0.2) is 28.8 Å². The molecule has 1 aromatic heterocycles. The number of nitrogens with one attached hydrogen (secondary N) is 1. The second-order valence-corrected chi connectivity index (χ2v) is 5.86. The number of carbonyl (C=O) groups is 1. The first-order chi connectivity index (χ1) is 11.2. The van der Waals surface area contributed by atoms with Crippen molar-refractivity contribution in [2.24, 2.45) is 0 Å². The Kier molecular flexibility index (Phi) is 4.65. The van der Waals surface area contributed by atoms with E-state index in [1.165, 1.54) is 12.8 Å². The molecule has 23 heavy (non-hydrogen) atoms. The Bertz CT molecular complexity index is 687. The van der Waals surface area contributed by atoms with Crippen LogP contribution < -0.4 is 10.1 Å². The summed E-state index contributed by atoms with van der Waals surface area (Å²) in [6, 6.07) is 7.25. The van der Waals surface area contributed by atoms with E-state index in [2.05, 4.69) is 10.5 Å². The molecule has 1 heterocycles. The standard InChI is InChI=1S/C18H22N2O3/c1-3-22-15-11-7-6-10-14(15)18(21)19-16-12(2)23-20-17(16)13-8-4-5-9-13/h6-7,10-11,13H,3-5,8-9H2,1-2H3,(H,19,21). The molecule has 1 aromatic carbocycles. The number of ether oxygens (including phenoxy) is 1. The van der Waals surface area contributed by atoms with Crippen LogP contribution in [0.5, 0.6) is 5.75 Å². The highest BCUT2D eigenvalue weighted by Gasteiger charge is 2.26. The predicted octanol–water partition coefficient (Wildman–Crippen LogP) is 4.29. The molecule has 0 unspecified atom stereocenters. The van der Waals surface area contributed by atoms with Crippen molar-refractivity contribution in [1.82, 2.24) is 5.16 Å². The van der Waals surface area contributed by atoms with Crippen LogP contribution in [0.3, 0.4) is 0 Å².